The Morgan fingerprint density at radius 1 is 1.38 bits per heavy atom. The van der Waals surface area contributed by atoms with Crippen molar-refractivity contribution in [2.45, 2.75) is 45.6 Å². The molecule has 74 valence electrons. The van der Waals surface area contributed by atoms with Crippen molar-refractivity contribution < 1.29 is 9.53 Å². The fourth-order valence-corrected chi connectivity index (χ4v) is 2.88. The number of carbonyl (C=O) groups excluding carboxylic acids is 1. The molecule has 1 aliphatic heterocycles. The highest BCUT2D eigenvalue weighted by Gasteiger charge is 2.51. The Bertz CT molecular complexity index is 232. The minimum atomic E-state index is -0.206. The highest BCUT2D eigenvalue weighted by atomic mass is 16.6. The molecule has 0 radical (unpaired) electrons. The lowest BCUT2D eigenvalue weighted by Crippen LogP contribution is -2.33. The molecular formula is C11H18O2. The molecule has 1 saturated carbocycles. The van der Waals surface area contributed by atoms with Crippen molar-refractivity contribution in [1.29, 1.82) is 0 Å². The summed E-state index contributed by atoms with van der Waals surface area (Å²) in [5, 5.41) is 0. The van der Waals surface area contributed by atoms with Gasteiger partial charge in [0.05, 0.1) is 5.92 Å². The van der Waals surface area contributed by atoms with Crippen LogP contribution in [0.5, 0.6) is 0 Å². The minimum Gasteiger partial charge on any atom is -0.459 e. The summed E-state index contributed by atoms with van der Waals surface area (Å²) in [4.78, 5) is 11.5. The molecule has 0 aromatic rings. The van der Waals surface area contributed by atoms with Gasteiger partial charge in [0.25, 0.3) is 0 Å². The molecule has 0 amide bonds. The predicted molar refractivity (Wildman–Crippen MR) is 50.2 cm³/mol. The van der Waals surface area contributed by atoms with Crippen molar-refractivity contribution in [3.8, 4) is 0 Å². The van der Waals surface area contributed by atoms with E-state index in [1.165, 1.54) is 6.42 Å². The maximum atomic E-state index is 11.5. The first-order chi connectivity index (χ1) is 6.00. The molecule has 0 spiro atoms. The highest BCUT2D eigenvalue weighted by molar-refractivity contribution is 5.76. The number of hydrogen-bond donors (Lipinski definition) is 0. The highest BCUT2D eigenvalue weighted by Crippen LogP contribution is 2.46. The first-order valence-electron chi connectivity index (χ1n) is 5.23. The summed E-state index contributed by atoms with van der Waals surface area (Å²) in [6.45, 7) is 6.33. The largest absolute Gasteiger partial charge is 0.459 e. The molecule has 2 rings (SSSR count). The van der Waals surface area contributed by atoms with E-state index in [1.807, 2.05) is 13.8 Å². The van der Waals surface area contributed by atoms with Gasteiger partial charge in [0, 0.05) is 5.92 Å². The lowest BCUT2D eigenvalue weighted by atomic mass is 9.70. The Kier molecular flexibility index (Phi) is 1.90. The maximum absolute atomic E-state index is 11.5. The SMILES string of the molecule is C[C@@H]1CC[C@@H]2[C@@H](C1)C(=O)OC2(C)C. The molecule has 1 aliphatic carbocycles. The van der Waals surface area contributed by atoms with Gasteiger partial charge in [0.1, 0.15) is 5.60 Å². The molecule has 1 saturated heterocycles. The summed E-state index contributed by atoms with van der Waals surface area (Å²) >= 11 is 0. The van der Waals surface area contributed by atoms with Crippen LogP contribution in [0.15, 0.2) is 0 Å². The normalized spacial score (nSPS) is 42.7. The van der Waals surface area contributed by atoms with E-state index in [-0.39, 0.29) is 17.5 Å². The number of rotatable bonds is 0. The molecule has 2 nitrogen and oxygen atoms in total. The zero-order valence-electron chi connectivity index (χ0n) is 8.67. The van der Waals surface area contributed by atoms with Crippen LogP contribution in [0.3, 0.4) is 0 Å². The van der Waals surface area contributed by atoms with Crippen LogP contribution in [0.4, 0.5) is 0 Å². The third kappa shape index (κ3) is 1.36. The molecule has 2 fully saturated rings. The number of esters is 1. The summed E-state index contributed by atoms with van der Waals surface area (Å²) in [7, 11) is 0. The Morgan fingerprint density at radius 2 is 2.08 bits per heavy atom. The van der Waals surface area contributed by atoms with Crippen LogP contribution in [0.2, 0.25) is 0 Å². The van der Waals surface area contributed by atoms with Gasteiger partial charge in [0.2, 0.25) is 0 Å². The lowest BCUT2D eigenvalue weighted by Gasteiger charge is -2.32. The Morgan fingerprint density at radius 3 is 2.77 bits per heavy atom. The third-order valence-corrected chi connectivity index (χ3v) is 3.67. The summed E-state index contributed by atoms with van der Waals surface area (Å²) in [5.74, 6) is 1.40. The van der Waals surface area contributed by atoms with Crippen LogP contribution in [-0.2, 0) is 9.53 Å². The van der Waals surface area contributed by atoms with Gasteiger partial charge >= 0.3 is 5.97 Å². The Balaban J connectivity index is 2.20. The second kappa shape index (κ2) is 2.73. The number of hydrogen-bond acceptors (Lipinski definition) is 2. The number of cyclic esters (lactones) is 1. The minimum absolute atomic E-state index is 0.0431. The first-order valence-corrected chi connectivity index (χ1v) is 5.23. The van der Waals surface area contributed by atoms with Crippen molar-refractivity contribution in [2.24, 2.45) is 17.8 Å². The summed E-state index contributed by atoms with van der Waals surface area (Å²) in [6.07, 6.45) is 3.44. The van der Waals surface area contributed by atoms with Crippen molar-refractivity contribution in [3.05, 3.63) is 0 Å². The van der Waals surface area contributed by atoms with Crippen LogP contribution < -0.4 is 0 Å². The van der Waals surface area contributed by atoms with Gasteiger partial charge in [-0.15, -0.1) is 0 Å². The average Bonchev–Trinajstić information content (AvgIpc) is 2.22. The van der Waals surface area contributed by atoms with Crippen molar-refractivity contribution in [1.82, 2.24) is 0 Å². The van der Waals surface area contributed by atoms with Crippen molar-refractivity contribution >= 4 is 5.97 Å². The zero-order chi connectivity index (χ0) is 9.64. The van der Waals surface area contributed by atoms with Crippen LogP contribution in [-0.4, -0.2) is 11.6 Å². The van der Waals surface area contributed by atoms with E-state index < -0.39 is 0 Å². The van der Waals surface area contributed by atoms with E-state index in [9.17, 15) is 4.79 Å². The molecule has 1 heterocycles. The van der Waals surface area contributed by atoms with Crippen LogP contribution >= 0.6 is 0 Å². The summed E-state index contributed by atoms with van der Waals surface area (Å²) in [5.41, 5.74) is -0.206. The lowest BCUT2D eigenvalue weighted by molar-refractivity contribution is -0.148. The molecule has 13 heavy (non-hydrogen) atoms. The molecule has 2 heteroatoms. The third-order valence-electron chi connectivity index (χ3n) is 3.67. The molecule has 0 bridgehead atoms. The van der Waals surface area contributed by atoms with E-state index in [0.717, 1.165) is 12.8 Å². The molecule has 0 unspecified atom stereocenters. The zero-order valence-corrected chi connectivity index (χ0v) is 8.67. The fourth-order valence-electron chi connectivity index (χ4n) is 2.88. The van der Waals surface area contributed by atoms with E-state index in [4.69, 9.17) is 4.74 Å². The summed E-state index contributed by atoms with van der Waals surface area (Å²) < 4.78 is 5.41. The van der Waals surface area contributed by atoms with Gasteiger partial charge in [-0.2, -0.15) is 0 Å². The molecule has 0 aromatic carbocycles. The molecule has 0 N–H and O–H groups in total. The molecule has 3 atom stereocenters. The monoisotopic (exact) mass is 182 g/mol. The molecule has 0 aromatic heterocycles. The van der Waals surface area contributed by atoms with E-state index >= 15 is 0 Å². The van der Waals surface area contributed by atoms with Gasteiger partial charge in [-0.3, -0.25) is 4.79 Å². The van der Waals surface area contributed by atoms with E-state index in [1.54, 1.807) is 0 Å². The number of ether oxygens (including phenoxy) is 1. The van der Waals surface area contributed by atoms with E-state index in [0.29, 0.717) is 11.8 Å². The Labute approximate surface area is 79.7 Å². The average molecular weight is 182 g/mol. The standard InChI is InChI=1S/C11H18O2/c1-7-4-5-9-8(6-7)10(12)13-11(9,2)3/h7-9H,4-6H2,1-3H3/t7-,8-,9-/m1/s1. The van der Waals surface area contributed by atoms with Gasteiger partial charge in [-0.1, -0.05) is 13.3 Å². The number of carbonyl (C=O) groups is 1. The van der Waals surface area contributed by atoms with Crippen molar-refractivity contribution in [3.63, 3.8) is 0 Å². The molecule has 2 aliphatic rings. The summed E-state index contributed by atoms with van der Waals surface area (Å²) in [6, 6.07) is 0. The second-order valence-corrected chi connectivity index (χ2v) is 5.16. The molecular weight excluding hydrogens is 164 g/mol. The van der Waals surface area contributed by atoms with Gasteiger partial charge in [0.15, 0.2) is 0 Å². The van der Waals surface area contributed by atoms with Crippen LogP contribution in [0, 0.1) is 17.8 Å². The smallest absolute Gasteiger partial charge is 0.309 e. The second-order valence-electron chi connectivity index (χ2n) is 5.16. The quantitative estimate of drug-likeness (QED) is 0.538. The van der Waals surface area contributed by atoms with Gasteiger partial charge in [-0.05, 0) is 32.6 Å². The fraction of sp³-hybridized carbons (Fsp3) is 0.909. The maximum Gasteiger partial charge on any atom is 0.309 e. The van der Waals surface area contributed by atoms with Crippen LogP contribution in [0.1, 0.15) is 40.0 Å². The van der Waals surface area contributed by atoms with E-state index in [2.05, 4.69) is 6.92 Å². The Hall–Kier alpha value is -0.530. The predicted octanol–water partition coefficient (Wildman–Crippen LogP) is 2.37. The van der Waals surface area contributed by atoms with Gasteiger partial charge < -0.3 is 4.74 Å². The van der Waals surface area contributed by atoms with Crippen molar-refractivity contribution in [2.75, 3.05) is 0 Å². The van der Waals surface area contributed by atoms with Crippen LogP contribution in [0.25, 0.3) is 0 Å². The number of fused-ring (bicyclic) bond motifs is 1. The topological polar surface area (TPSA) is 26.3 Å². The first kappa shape index (κ1) is 9.04. The van der Waals surface area contributed by atoms with Gasteiger partial charge in [-0.25, -0.2) is 0 Å².